The van der Waals surface area contributed by atoms with Crippen molar-refractivity contribution in [1.82, 2.24) is 10.2 Å². The quantitative estimate of drug-likeness (QED) is 0.845. The highest BCUT2D eigenvalue weighted by Crippen LogP contribution is 2.35. The minimum absolute atomic E-state index is 0.0672. The van der Waals surface area contributed by atoms with Crippen LogP contribution >= 0.6 is 23.2 Å². The molecule has 110 valence electrons. The minimum atomic E-state index is -0.404. The van der Waals surface area contributed by atoms with Gasteiger partial charge in [-0.2, -0.15) is 10.2 Å². The molecule has 0 unspecified atom stereocenters. The summed E-state index contributed by atoms with van der Waals surface area (Å²) in [6.07, 6.45) is 0.568. The molecule has 0 aliphatic heterocycles. The molecule has 0 radical (unpaired) electrons. The average Bonchev–Trinajstić information content (AvgIpc) is 2.44. The number of aromatic nitrogens is 2. The lowest BCUT2D eigenvalue weighted by molar-refractivity contribution is 0.102. The number of aryl methyl sites for hydroxylation is 2. The molecule has 1 heterocycles. The fourth-order valence-electron chi connectivity index (χ4n) is 1.82. The summed E-state index contributed by atoms with van der Waals surface area (Å²) in [4.78, 5) is 12.3. The van der Waals surface area contributed by atoms with Crippen LogP contribution in [0.5, 0.6) is 5.75 Å². The number of nitrogens with zero attached hydrogens (tertiary/aromatic N) is 2. The molecular formula is C14H13Cl2N3O2. The normalized spacial score (nSPS) is 10.5. The zero-order valence-corrected chi connectivity index (χ0v) is 13.0. The first-order valence-electron chi connectivity index (χ1n) is 6.25. The molecule has 2 aromatic rings. The van der Waals surface area contributed by atoms with E-state index in [9.17, 15) is 9.90 Å². The number of halogens is 2. The van der Waals surface area contributed by atoms with Gasteiger partial charge in [-0.3, -0.25) is 4.79 Å². The van der Waals surface area contributed by atoms with Gasteiger partial charge in [-0.25, -0.2) is 0 Å². The number of anilines is 1. The zero-order chi connectivity index (χ0) is 15.6. The summed E-state index contributed by atoms with van der Waals surface area (Å²) in [5.41, 5.74) is 1.76. The van der Waals surface area contributed by atoms with Crippen LogP contribution < -0.4 is 5.32 Å². The molecule has 1 amide bonds. The summed E-state index contributed by atoms with van der Waals surface area (Å²) >= 11 is 11.7. The highest BCUT2D eigenvalue weighted by atomic mass is 35.5. The molecule has 2 N–H and O–H groups in total. The monoisotopic (exact) mass is 325 g/mol. The Balaban J connectivity index is 2.37. The lowest BCUT2D eigenvalue weighted by Crippen LogP contribution is -2.16. The van der Waals surface area contributed by atoms with Crippen molar-refractivity contribution in [2.75, 3.05) is 5.32 Å². The number of amides is 1. The number of hydrogen-bond donors (Lipinski definition) is 2. The van der Waals surface area contributed by atoms with Crippen LogP contribution in [-0.2, 0) is 6.42 Å². The maximum atomic E-state index is 12.3. The van der Waals surface area contributed by atoms with Crippen molar-refractivity contribution in [3.63, 3.8) is 0 Å². The van der Waals surface area contributed by atoms with E-state index < -0.39 is 5.91 Å². The summed E-state index contributed by atoms with van der Waals surface area (Å²) in [6.45, 7) is 3.63. The molecule has 21 heavy (non-hydrogen) atoms. The second kappa shape index (κ2) is 6.28. The van der Waals surface area contributed by atoms with Gasteiger partial charge >= 0.3 is 0 Å². The second-order valence-electron chi connectivity index (χ2n) is 4.44. The highest BCUT2D eigenvalue weighted by Gasteiger charge is 2.16. The van der Waals surface area contributed by atoms with Gasteiger partial charge < -0.3 is 10.4 Å². The van der Waals surface area contributed by atoms with Gasteiger partial charge in [0, 0.05) is 5.02 Å². The third kappa shape index (κ3) is 3.43. The SMILES string of the molecule is CCc1nnc(C)cc1C(=O)Nc1cc(Cl)cc(Cl)c1O. The number of nitrogens with one attached hydrogen (secondary N) is 1. The van der Waals surface area contributed by atoms with E-state index in [4.69, 9.17) is 23.2 Å². The summed E-state index contributed by atoms with van der Waals surface area (Å²) in [5, 5.41) is 20.7. The third-order valence-corrected chi connectivity index (χ3v) is 3.35. The van der Waals surface area contributed by atoms with Gasteiger partial charge in [-0.05, 0) is 31.5 Å². The van der Waals surface area contributed by atoms with Gasteiger partial charge in [0.25, 0.3) is 5.91 Å². The van der Waals surface area contributed by atoms with E-state index in [0.29, 0.717) is 28.4 Å². The van der Waals surface area contributed by atoms with Gasteiger partial charge in [0.2, 0.25) is 0 Å². The molecule has 1 aromatic carbocycles. The van der Waals surface area contributed by atoms with Crippen LogP contribution in [0, 0.1) is 6.92 Å². The van der Waals surface area contributed by atoms with Gasteiger partial charge in [0.1, 0.15) is 0 Å². The summed E-state index contributed by atoms with van der Waals surface area (Å²) in [7, 11) is 0. The third-order valence-electron chi connectivity index (χ3n) is 2.85. The summed E-state index contributed by atoms with van der Waals surface area (Å²) in [6, 6.07) is 4.46. The zero-order valence-electron chi connectivity index (χ0n) is 11.4. The maximum Gasteiger partial charge on any atom is 0.257 e. The number of carbonyl (C=O) groups excluding carboxylic acids is 1. The first-order valence-corrected chi connectivity index (χ1v) is 7.00. The lowest BCUT2D eigenvalue weighted by atomic mass is 10.1. The van der Waals surface area contributed by atoms with Gasteiger partial charge in [0.15, 0.2) is 5.75 Å². The molecule has 1 aromatic heterocycles. The largest absolute Gasteiger partial charge is 0.504 e. The topological polar surface area (TPSA) is 75.1 Å². The number of phenols is 1. The van der Waals surface area contributed by atoms with Crippen LogP contribution in [0.15, 0.2) is 18.2 Å². The number of aromatic hydroxyl groups is 1. The molecule has 0 saturated heterocycles. The van der Waals surface area contributed by atoms with Gasteiger partial charge in [-0.15, -0.1) is 0 Å². The van der Waals surface area contributed by atoms with Crippen LogP contribution in [0.1, 0.15) is 28.7 Å². The molecule has 5 nitrogen and oxygen atoms in total. The Bertz CT molecular complexity index is 705. The molecule has 2 rings (SSSR count). The molecular weight excluding hydrogens is 313 g/mol. The molecule has 0 bridgehead atoms. The Morgan fingerprint density at radius 3 is 2.67 bits per heavy atom. The Morgan fingerprint density at radius 1 is 1.29 bits per heavy atom. The Kier molecular flexibility index (Phi) is 4.65. The van der Waals surface area contributed by atoms with E-state index in [1.165, 1.54) is 12.1 Å². The number of rotatable bonds is 3. The molecule has 0 aliphatic carbocycles. The van der Waals surface area contributed by atoms with Crippen LogP contribution in [-0.4, -0.2) is 21.2 Å². The molecule has 0 spiro atoms. The minimum Gasteiger partial charge on any atom is -0.504 e. The first kappa shape index (κ1) is 15.5. The van der Waals surface area contributed by atoms with E-state index in [0.717, 1.165) is 0 Å². The van der Waals surface area contributed by atoms with E-state index in [1.807, 2.05) is 6.92 Å². The second-order valence-corrected chi connectivity index (χ2v) is 5.28. The van der Waals surface area contributed by atoms with Gasteiger partial charge in [0.05, 0.1) is 27.7 Å². The standard InChI is InChI=1S/C14H13Cl2N3O2/c1-3-11-9(4-7(2)18-19-11)14(21)17-12-6-8(15)5-10(16)13(12)20/h4-6,20H,3H2,1-2H3,(H,17,21). The summed E-state index contributed by atoms with van der Waals surface area (Å²) < 4.78 is 0. The van der Waals surface area contributed by atoms with Crippen molar-refractivity contribution in [3.8, 4) is 5.75 Å². The first-order chi connectivity index (χ1) is 9.92. The molecule has 0 atom stereocenters. The number of phenolic OH excluding ortho intramolecular Hbond substituents is 1. The van der Waals surface area contributed by atoms with E-state index in [2.05, 4.69) is 15.5 Å². The van der Waals surface area contributed by atoms with Crippen LogP contribution in [0.25, 0.3) is 0 Å². The average molecular weight is 326 g/mol. The van der Waals surface area contributed by atoms with Crippen molar-refractivity contribution < 1.29 is 9.90 Å². The van der Waals surface area contributed by atoms with Crippen molar-refractivity contribution >= 4 is 34.8 Å². The predicted octanol–water partition coefficient (Wildman–Crippen LogP) is 3.61. The van der Waals surface area contributed by atoms with Crippen molar-refractivity contribution in [2.45, 2.75) is 20.3 Å². The highest BCUT2D eigenvalue weighted by molar-refractivity contribution is 6.36. The fourth-order valence-corrected chi connectivity index (χ4v) is 2.32. The fraction of sp³-hybridized carbons (Fsp3) is 0.214. The Hall–Kier alpha value is -1.85. The van der Waals surface area contributed by atoms with Crippen LogP contribution in [0.2, 0.25) is 10.0 Å². The van der Waals surface area contributed by atoms with E-state index in [1.54, 1.807) is 13.0 Å². The number of hydrogen-bond acceptors (Lipinski definition) is 4. The van der Waals surface area contributed by atoms with E-state index >= 15 is 0 Å². The number of carbonyl (C=O) groups is 1. The smallest absolute Gasteiger partial charge is 0.257 e. The van der Waals surface area contributed by atoms with Crippen LogP contribution in [0.3, 0.4) is 0 Å². The molecule has 7 heteroatoms. The molecule has 0 saturated carbocycles. The van der Waals surface area contributed by atoms with Crippen molar-refractivity contribution in [1.29, 1.82) is 0 Å². The molecule has 0 aliphatic rings. The predicted molar refractivity (Wildman–Crippen MR) is 82.2 cm³/mol. The maximum absolute atomic E-state index is 12.3. The van der Waals surface area contributed by atoms with Crippen LogP contribution in [0.4, 0.5) is 5.69 Å². The Morgan fingerprint density at radius 2 is 2.00 bits per heavy atom. The molecule has 0 fully saturated rings. The lowest BCUT2D eigenvalue weighted by Gasteiger charge is -2.11. The van der Waals surface area contributed by atoms with E-state index in [-0.39, 0.29) is 16.5 Å². The number of benzene rings is 1. The van der Waals surface area contributed by atoms with Gasteiger partial charge in [-0.1, -0.05) is 30.1 Å². The summed E-state index contributed by atoms with van der Waals surface area (Å²) in [5.74, 6) is -0.635. The Labute approximate surface area is 131 Å². The van der Waals surface area contributed by atoms with Crippen molar-refractivity contribution in [3.05, 3.63) is 45.2 Å². The van der Waals surface area contributed by atoms with Crippen molar-refractivity contribution in [2.24, 2.45) is 0 Å².